The Bertz CT molecular complexity index is 517. The molecule has 0 bridgehead atoms. The molecule has 1 unspecified atom stereocenters. The number of benzene rings is 1. The predicted octanol–water partition coefficient (Wildman–Crippen LogP) is 5.38. The minimum Gasteiger partial charge on any atom is -0.399 e. The van der Waals surface area contributed by atoms with Crippen LogP contribution in [-0.2, 0) is 15.7 Å². The van der Waals surface area contributed by atoms with Crippen molar-refractivity contribution in [2.24, 2.45) is 11.8 Å². The fourth-order valence-corrected chi connectivity index (χ4v) is 3.25. The molecule has 0 saturated carbocycles. The highest BCUT2D eigenvalue weighted by Crippen LogP contribution is 2.36. The second-order valence-corrected chi connectivity index (χ2v) is 9.30. The molecule has 1 aromatic carbocycles. The van der Waals surface area contributed by atoms with Crippen LogP contribution in [0.3, 0.4) is 0 Å². The van der Waals surface area contributed by atoms with Gasteiger partial charge in [-0.2, -0.15) is 0 Å². The first kappa shape index (κ1) is 20.5. The summed E-state index contributed by atoms with van der Waals surface area (Å²) in [5.74, 6) is 1.64. The zero-order valence-corrected chi connectivity index (χ0v) is 17.4. The molecule has 3 heteroatoms. The Kier molecular flexibility index (Phi) is 6.78. The summed E-state index contributed by atoms with van der Waals surface area (Å²) in [7, 11) is -0.256. The Balaban J connectivity index is 1.82. The van der Waals surface area contributed by atoms with Gasteiger partial charge in [-0.3, -0.25) is 0 Å². The SMILES string of the molecule is CC(C)CCCC(C)CCc1ccc(B2OC(C)(C)C(C)(C)O2)cc1. The summed E-state index contributed by atoms with van der Waals surface area (Å²) < 4.78 is 12.3. The highest BCUT2D eigenvalue weighted by molar-refractivity contribution is 6.62. The molecule has 1 aliphatic rings. The molecule has 2 rings (SSSR count). The Hall–Kier alpha value is -0.795. The van der Waals surface area contributed by atoms with Gasteiger partial charge in [0, 0.05) is 0 Å². The third-order valence-corrected chi connectivity index (χ3v) is 5.91. The molecule has 25 heavy (non-hydrogen) atoms. The van der Waals surface area contributed by atoms with Gasteiger partial charge < -0.3 is 9.31 Å². The fraction of sp³-hybridized carbons (Fsp3) is 0.727. The molecule has 2 nitrogen and oxygen atoms in total. The lowest BCUT2D eigenvalue weighted by Gasteiger charge is -2.32. The largest absolute Gasteiger partial charge is 0.494 e. The maximum atomic E-state index is 6.13. The molecule has 1 aliphatic heterocycles. The van der Waals surface area contributed by atoms with Crippen molar-refractivity contribution in [1.82, 2.24) is 0 Å². The van der Waals surface area contributed by atoms with Crippen LogP contribution in [0.4, 0.5) is 0 Å². The topological polar surface area (TPSA) is 18.5 Å². The number of hydrogen-bond donors (Lipinski definition) is 0. The molecule has 0 spiro atoms. The van der Waals surface area contributed by atoms with Gasteiger partial charge in [0.15, 0.2) is 0 Å². The lowest BCUT2D eigenvalue weighted by atomic mass is 9.78. The first-order chi connectivity index (χ1) is 11.6. The van der Waals surface area contributed by atoms with E-state index in [4.69, 9.17) is 9.31 Å². The predicted molar refractivity (Wildman–Crippen MR) is 108 cm³/mol. The molecule has 0 amide bonds. The van der Waals surface area contributed by atoms with E-state index >= 15 is 0 Å². The summed E-state index contributed by atoms with van der Waals surface area (Å²) in [6, 6.07) is 8.81. The van der Waals surface area contributed by atoms with E-state index in [1.54, 1.807) is 0 Å². The van der Waals surface area contributed by atoms with E-state index in [0.29, 0.717) is 0 Å². The van der Waals surface area contributed by atoms with E-state index in [1.165, 1.54) is 31.2 Å². The molecule has 0 aromatic heterocycles. The van der Waals surface area contributed by atoms with Crippen LogP contribution in [0, 0.1) is 11.8 Å². The maximum absolute atomic E-state index is 6.13. The molecule has 1 saturated heterocycles. The van der Waals surface area contributed by atoms with Crippen molar-refractivity contribution < 1.29 is 9.31 Å². The van der Waals surface area contributed by atoms with Crippen molar-refractivity contribution in [2.75, 3.05) is 0 Å². The number of hydrogen-bond acceptors (Lipinski definition) is 2. The lowest BCUT2D eigenvalue weighted by Crippen LogP contribution is -2.41. The summed E-state index contributed by atoms with van der Waals surface area (Å²) in [4.78, 5) is 0. The molecule has 1 fully saturated rings. The van der Waals surface area contributed by atoms with Crippen LogP contribution < -0.4 is 5.46 Å². The van der Waals surface area contributed by atoms with E-state index < -0.39 is 0 Å². The Morgan fingerprint density at radius 1 is 0.840 bits per heavy atom. The van der Waals surface area contributed by atoms with Crippen LogP contribution in [0.15, 0.2) is 24.3 Å². The van der Waals surface area contributed by atoms with Crippen LogP contribution in [0.2, 0.25) is 0 Å². The van der Waals surface area contributed by atoms with Gasteiger partial charge in [-0.25, -0.2) is 0 Å². The van der Waals surface area contributed by atoms with Crippen LogP contribution in [0.25, 0.3) is 0 Å². The molecular weight excluding hydrogens is 307 g/mol. The molecule has 1 atom stereocenters. The number of rotatable bonds is 8. The van der Waals surface area contributed by atoms with Gasteiger partial charge in [0.2, 0.25) is 0 Å². The van der Waals surface area contributed by atoms with E-state index in [0.717, 1.165) is 23.7 Å². The molecular formula is C22H37BO2. The summed E-state index contributed by atoms with van der Waals surface area (Å²) >= 11 is 0. The first-order valence-corrected chi connectivity index (χ1v) is 10.1. The summed E-state index contributed by atoms with van der Waals surface area (Å²) in [6.07, 6.45) is 6.50. The quantitative estimate of drug-likeness (QED) is 0.590. The van der Waals surface area contributed by atoms with Crippen molar-refractivity contribution in [3.8, 4) is 0 Å². The number of aryl methyl sites for hydroxylation is 1. The van der Waals surface area contributed by atoms with E-state index in [1.807, 2.05) is 0 Å². The average Bonchev–Trinajstić information content (AvgIpc) is 2.73. The van der Waals surface area contributed by atoms with Gasteiger partial charge in [-0.05, 0) is 63.4 Å². The lowest BCUT2D eigenvalue weighted by molar-refractivity contribution is 0.00578. The first-order valence-electron chi connectivity index (χ1n) is 10.1. The third-order valence-electron chi connectivity index (χ3n) is 5.91. The van der Waals surface area contributed by atoms with Crippen molar-refractivity contribution in [3.63, 3.8) is 0 Å². The highest BCUT2D eigenvalue weighted by atomic mass is 16.7. The van der Waals surface area contributed by atoms with E-state index in [2.05, 4.69) is 72.7 Å². The summed E-state index contributed by atoms with van der Waals surface area (Å²) in [6.45, 7) is 15.4. The molecule has 140 valence electrons. The van der Waals surface area contributed by atoms with Gasteiger partial charge in [0.05, 0.1) is 11.2 Å². The van der Waals surface area contributed by atoms with Gasteiger partial charge in [0.25, 0.3) is 0 Å². The van der Waals surface area contributed by atoms with Gasteiger partial charge in [-0.1, -0.05) is 64.3 Å². The summed E-state index contributed by atoms with van der Waals surface area (Å²) in [5, 5.41) is 0. The molecule has 1 aromatic rings. The molecule has 0 N–H and O–H groups in total. The van der Waals surface area contributed by atoms with Crippen molar-refractivity contribution >= 4 is 12.6 Å². The zero-order valence-electron chi connectivity index (χ0n) is 17.4. The van der Waals surface area contributed by atoms with Crippen molar-refractivity contribution in [1.29, 1.82) is 0 Å². The van der Waals surface area contributed by atoms with Crippen LogP contribution in [-0.4, -0.2) is 18.3 Å². The normalized spacial score (nSPS) is 20.2. The minimum absolute atomic E-state index is 0.256. The van der Waals surface area contributed by atoms with Crippen LogP contribution in [0.5, 0.6) is 0 Å². The fourth-order valence-electron chi connectivity index (χ4n) is 3.25. The Morgan fingerprint density at radius 2 is 1.40 bits per heavy atom. The van der Waals surface area contributed by atoms with E-state index in [-0.39, 0.29) is 18.3 Å². The monoisotopic (exact) mass is 344 g/mol. The second kappa shape index (κ2) is 8.27. The van der Waals surface area contributed by atoms with E-state index in [9.17, 15) is 0 Å². The molecule has 1 heterocycles. The third kappa shape index (κ3) is 5.59. The minimum atomic E-state index is -0.276. The van der Waals surface area contributed by atoms with Gasteiger partial charge in [0.1, 0.15) is 0 Å². The van der Waals surface area contributed by atoms with Crippen LogP contribution >= 0.6 is 0 Å². The second-order valence-electron chi connectivity index (χ2n) is 9.30. The standard InChI is InChI=1S/C22H37BO2/c1-17(2)9-8-10-18(3)11-12-19-13-15-20(16-14-19)23-24-21(4,5)22(6,7)25-23/h13-18H,8-12H2,1-7H3. The zero-order chi connectivity index (χ0) is 18.7. The molecule has 0 aliphatic carbocycles. The average molecular weight is 344 g/mol. The molecule has 0 radical (unpaired) electrons. The Labute approximate surface area is 155 Å². The smallest absolute Gasteiger partial charge is 0.399 e. The maximum Gasteiger partial charge on any atom is 0.494 e. The van der Waals surface area contributed by atoms with Crippen molar-refractivity contribution in [2.45, 2.75) is 91.8 Å². The summed E-state index contributed by atoms with van der Waals surface area (Å²) in [5.41, 5.74) is 1.98. The van der Waals surface area contributed by atoms with Crippen molar-refractivity contribution in [3.05, 3.63) is 29.8 Å². The van der Waals surface area contributed by atoms with Gasteiger partial charge in [-0.15, -0.1) is 0 Å². The Morgan fingerprint density at radius 3 is 1.92 bits per heavy atom. The van der Waals surface area contributed by atoms with Gasteiger partial charge >= 0.3 is 7.12 Å². The van der Waals surface area contributed by atoms with Crippen LogP contribution in [0.1, 0.15) is 79.7 Å². The highest BCUT2D eigenvalue weighted by Gasteiger charge is 2.51.